The van der Waals surface area contributed by atoms with Crippen molar-refractivity contribution < 1.29 is 27.4 Å². The van der Waals surface area contributed by atoms with Crippen LogP contribution in [0, 0.1) is 6.92 Å². The molecule has 3 aromatic rings. The monoisotopic (exact) mass is 452 g/mol. The molecule has 3 rings (SSSR count). The van der Waals surface area contributed by atoms with Crippen LogP contribution in [0.2, 0.25) is 0 Å². The van der Waals surface area contributed by atoms with E-state index in [0.29, 0.717) is 5.75 Å². The summed E-state index contributed by atoms with van der Waals surface area (Å²) in [5.41, 5.74) is 1.19. The molecule has 3 nitrogen and oxygen atoms in total. The zero-order chi connectivity index (χ0) is 21.7. The van der Waals surface area contributed by atoms with Gasteiger partial charge in [0.2, 0.25) is 0 Å². The average molecular weight is 453 g/mol. The maximum absolute atomic E-state index is 12.8. The van der Waals surface area contributed by atoms with Gasteiger partial charge in [-0.25, -0.2) is 4.79 Å². The van der Waals surface area contributed by atoms with E-state index < -0.39 is 17.7 Å². The summed E-state index contributed by atoms with van der Waals surface area (Å²) in [6.45, 7) is 1.83. The molecular weight excluding hydrogens is 433 g/mol. The van der Waals surface area contributed by atoms with E-state index in [9.17, 15) is 18.0 Å². The third-order valence-electron chi connectivity index (χ3n) is 4.23. The van der Waals surface area contributed by atoms with Gasteiger partial charge in [-0.1, -0.05) is 12.1 Å². The lowest BCUT2D eigenvalue weighted by Gasteiger charge is -2.07. The number of hydrogen-bond donors (Lipinski definition) is 0. The number of carbonyl (C=O) groups is 1. The first-order valence-corrected chi connectivity index (χ1v) is 10.8. The van der Waals surface area contributed by atoms with Crippen LogP contribution in [0.5, 0.6) is 5.75 Å². The molecule has 0 spiro atoms. The van der Waals surface area contributed by atoms with E-state index >= 15 is 0 Å². The van der Waals surface area contributed by atoms with E-state index in [-0.39, 0.29) is 6.61 Å². The summed E-state index contributed by atoms with van der Waals surface area (Å²) in [6, 6.07) is 14.7. The lowest BCUT2D eigenvalue weighted by molar-refractivity contribution is -0.143. The lowest BCUT2D eigenvalue weighted by atomic mass is 10.1. The summed E-state index contributed by atoms with van der Waals surface area (Å²) in [7, 11) is 1.31. The Balaban J connectivity index is 1.61. The SMILES string of the molecule is COC(=O)COc1ccc(SCc2cc(C)c(-c3ccc(C(F)(F)F)cc3)s2)cc1. The highest BCUT2D eigenvalue weighted by molar-refractivity contribution is 7.98. The van der Waals surface area contributed by atoms with Crippen LogP contribution in [-0.4, -0.2) is 19.7 Å². The Morgan fingerprint density at radius 2 is 1.73 bits per heavy atom. The predicted molar refractivity (Wildman–Crippen MR) is 113 cm³/mol. The molecule has 0 amide bonds. The van der Waals surface area contributed by atoms with Crippen molar-refractivity contribution in [1.29, 1.82) is 0 Å². The number of aryl methyl sites for hydroxylation is 1. The molecule has 0 atom stereocenters. The molecule has 0 N–H and O–H groups in total. The minimum absolute atomic E-state index is 0.135. The second kappa shape index (κ2) is 9.57. The Kier molecular flexibility index (Phi) is 7.10. The molecule has 0 unspecified atom stereocenters. The Morgan fingerprint density at radius 1 is 1.07 bits per heavy atom. The van der Waals surface area contributed by atoms with Gasteiger partial charge in [0.05, 0.1) is 12.7 Å². The number of carbonyl (C=O) groups excluding carboxylic acids is 1. The molecule has 30 heavy (non-hydrogen) atoms. The number of methoxy groups -OCH3 is 1. The molecule has 0 radical (unpaired) electrons. The molecule has 158 valence electrons. The Bertz CT molecular complexity index is 994. The van der Waals surface area contributed by atoms with Gasteiger partial charge >= 0.3 is 12.1 Å². The van der Waals surface area contributed by atoms with Crippen LogP contribution in [-0.2, 0) is 21.5 Å². The van der Waals surface area contributed by atoms with Crippen LogP contribution < -0.4 is 4.74 Å². The standard InChI is InChI=1S/C22H19F3O3S2/c1-14-11-19(30-21(14)15-3-5-16(6-4-15)22(23,24)25)13-29-18-9-7-17(8-10-18)28-12-20(26)27-2/h3-11H,12-13H2,1-2H3. The molecule has 2 aromatic carbocycles. The maximum atomic E-state index is 12.8. The number of rotatable bonds is 7. The third kappa shape index (κ3) is 5.79. The van der Waals surface area contributed by atoms with Crippen LogP contribution in [0.25, 0.3) is 10.4 Å². The second-order valence-corrected chi connectivity index (χ2v) is 8.61. The molecule has 0 aliphatic rings. The lowest BCUT2D eigenvalue weighted by Crippen LogP contribution is -2.12. The fourth-order valence-corrected chi connectivity index (χ4v) is 4.81. The van der Waals surface area contributed by atoms with E-state index in [4.69, 9.17) is 4.74 Å². The largest absolute Gasteiger partial charge is 0.482 e. The van der Waals surface area contributed by atoms with Crippen molar-refractivity contribution in [3.63, 3.8) is 0 Å². The number of halogens is 3. The summed E-state index contributed by atoms with van der Waals surface area (Å²) >= 11 is 3.23. The first kappa shape index (κ1) is 22.2. The minimum Gasteiger partial charge on any atom is -0.482 e. The van der Waals surface area contributed by atoms with Crippen molar-refractivity contribution in [2.24, 2.45) is 0 Å². The first-order valence-electron chi connectivity index (χ1n) is 8.95. The van der Waals surface area contributed by atoms with E-state index in [1.165, 1.54) is 19.2 Å². The Labute approximate surface area is 180 Å². The average Bonchev–Trinajstić information content (AvgIpc) is 3.11. The number of esters is 1. The molecule has 0 bridgehead atoms. The van der Waals surface area contributed by atoms with E-state index in [0.717, 1.165) is 43.7 Å². The molecule has 0 aliphatic carbocycles. The van der Waals surface area contributed by atoms with Crippen LogP contribution in [0.4, 0.5) is 13.2 Å². The molecule has 0 saturated carbocycles. The molecule has 0 saturated heterocycles. The highest BCUT2D eigenvalue weighted by Gasteiger charge is 2.30. The summed E-state index contributed by atoms with van der Waals surface area (Å²) in [5, 5.41) is 0. The van der Waals surface area contributed by atoms with E-state index in [1.807, 2.05) is 19.1 Å². The number of ether oxygens (including phenoxy) is 2. The van der Waals surface area contributed by atoms with E-state index in [1.54, 1.807) is 35.2 Å². The predicted octanol–water partition coefficient (Wildman–Crippen LogP) is 6.59. The summed E-state index contributed by atoms with van der Waals surface area (Å²) in [6.07, 6.45) is -4.33. The summed E-state index contributed by atoms with van der Waals surface area (Å²) in [5.74, 6) is 0.890. The van der Waals surface area contributed by atoms with Crippen LogP contribution in [0.1, 0.15) is 16.0 Å². The highest BCUT2D eigenvalue weighted by Crippen LogP contribution is 2.37. The van der Waals surface area contributed by atoms with Gasteiger partial charge in [0, 0.05) is 20.4 Å². The van der Waals surface area contributed by atoms with Gasteiger partial charge in [-0.2, -0.15) is 13.2 Å². The fraction of sp³-hybridized carbons (Fsp3) is 0.227. The summed E-state index contributed by atoms with van der Waals surface area (Å²) < 4.78 is 48.1. The Morgan fingerprint density at radius 3 is 2.33 bits per heavy atom. The smallest absolute Gasteiger partial charge is 0.416 e. The summed E-state index contributed by atoms with van der Waals surface area (Å²) in [4.78, 5) is 14.3. The molecule has 1 aromatic heterocycles. The van der Waals surface area contributed by atoms with Crippen LogP contribution in [0.15, 0.2) is 59.5 Å². The second-order valence-electron chi connectivity index (χ2n) is 6.42. The normalized spacial score (nSPS) is 11.4. The van der Waals surface area contributed by atoms with Gasteiger partial charge in [0.25, 0.3) is 0 Å². The van der Waals surface area contributed by atoms with Gasteiger partial charge in [0.15, 0.2) is 6.61 Å². The molecule has 1 heterocycles. The van der Waals surface area contributed by atoms with Gasteiger partial charge in [-0.05, 0) is 60.5 Å². The maximum Gasteiger partial charge on any atom is 0.416 e. The number of hydrogen-bond acceptors (Lipinski definition) is 5. The minimum atomic E-state index is -4.33. The topological polar surface area (TPSA) is 35.5 Å². The van der Waals surface area contributed by atoms with Gasteiger partial charge in [-0.3, -0.25) is 0 Å². The van der Waals surface area contributed by atoms with Crippen molar-refractivity contribution in [3.8, 4) is 16.2 Å². The number of thioether (sulfide) groups is 1. The number of benzene rings is 2. The van der Waals surface area contributed by atoms with E-state index in [2.05, 4.69) is 10.8 Å². The van der Waals surface area contributed by atoms with Crippen molar-refractivity contribution in [2.75, 3.05) is 13.7 Å². The third-order valence-corrected chi connectivity index (χ3v) is 6.76. The zero-order valence-electron chi connectivity index (χ0n) is 16.3. The zero-order valence-corrected chi connectivity index (χ0v) is 17.9. The van der Waals surface area contributed by atoms with Crippen molar-refractivity contribution in [3.05, 3.63) is 70.6 Å². The molecule has 8 heteroatoms. The molecular formula is C22H19F3O3S2. The van der Waals surface area contributed by atoms with Crippen LogP contribution >= 0.6 is 23.1 Å². The molecule has 0 aliphatic heterocycles. The fourth-order valence-electron chi connectivity index (χ4n) is 2.70. The van der Waals surface area contributed by atoms with Crippen molar-refractivity contribution >= 4 is 29.1 Å². The van der Waals surface area contributed by atoms with Gasteiger partial charge in [0.1, 0.15) is 5.75 Å². The first-order chi connectivity index (χ1) is 14.3. The van der Waals surface area contributed by atoms with Crippen molar-refractivity contribution in [2.45, 2.75) is 23.7 Å². The van der Waals surface area contributed by atoms with Gasteiger partial charge in [-0.15, -0.1) is 23.1 Å². The van der Waals surface area contributed by atoms with Crippen LogP contribution in [0.3, 0.4) is 0 Å². The quantitative estimate of drug-likeness (QED) is 0.299. The van der Waals surface area contributed by atoms with Gasteiger partial charge < -0.3 is 9.47 Å². The number of alkyl halides is 3. The molecule has 0 fully saturated rings. The van der Waals surface area contributed by atoms with Crippen molar-refractivity contribution in [1.82, 2.24) is 0 Å². The highest BCUT2D eigenvalue weighted by atomic mass is 32.2. The number of thiophene rings is 1. The Hall–Kier alpha value is -2.45.